The molecule has 0 saturated carbocycles. The fourth-order valence-electron chi connectivity index (χ4n) is 4.06. The van der Waals surface area contributed by atoms with Crippen LogP contribution < -0.4 is 10.5 Å². The summed E-state index contributed by atoms with van der Waals surface area (Å²) in [6, 6.07) is 8.25. The second-order valence-corrected chi connectivity index (χ2v) is 7.33. The number of aromatic nitrogens is 6. The Balaban J connectivity index is 1.61. The van der Waals surface area contributed by atoms with E-state index in [1.165, 1.54) is 0 Å². The van der Waals surface area contributed by atoms with E-state index < -0.39 is 18.5 Å². The fraction of sp³-hybridized carbons (Fsp3) is 0.286. The van der Waals surface area contributed by atoms with Gasteiger partial charge in [-0.3, -0.25) is 14.3 Å². The molecule has 5 rings (SSSR count). The van der Waals surface area contributed by atoms with Gasteiger partial charge in [-0.25, -0.2) is 23.4 Å². The first kappa shape index (κ1) is 19.3. The summed E-state index contributed by atoms with van der Waals surface area (Å²) in [4.78, 5) is 28.6. The van der Waals surface area contributed by atoms with Crippen LogP contribution in [0.5, 0.6) is 0 Å². The maximum Gasteiger partial charge on any atom is 0.261 e. The number of rotatable bonds is 5. The third-order valence-corrected chi connectivity index (χ3v) is 5.41. The third-order valence-electron chi connectivity index (χ3n) is 5.41. The van der Waals surface area contributed by atoms with Gasteiger partial charge in [0.25, 0.3) is 12.0 Å². The van der Waals surface area contributed by atoms with Gasteiger partial charge in [0.05, 0.1) is 35.9 Å². The van der Waals surface area contributed by atoms with Gasteiger partial charge in [-0.2, -0.15) is 5.10 Å². The largest absolute Gasteiger partial charge is 0.345 e. The number of fused-ring (bicyclic) bond motifs is 1. The number of anilines is 1. The minimum Gasteiger partial charge on any atom is -0.345 e. The molecule has 0 amide bonds. The molecular formula is C21H19F2N7O. The van der Waals surface area contributed by atoms with Gasteiger partial charge in [0.1, 0.15) is 11.6 Å². The number of para-hydroxylation sites is 1. The van der Waals surface area contributed by atoms with E-state index in [2.05, 4.69) is 20.1 Å². The highest BCUT2D eigenvalue weighted by Gasteiger charge is 2.32. The molecule has 0 spiro atoms. The second-order valence-electron chi connectivity index (χ2n) is 7.33. The zero-order valence-corrected chi connectivity index (χ0v) is 16.5. The van der Waals surface area contributed by atoms with E-state index in [1.54, 1.807) is 59.8 Å². The molecule has 1 atom stereocenters. The van der Waals surface area contributed by atoms with Gasteiger partial charge < -0.3 is 4.90 Å². The average molecular weight is 423 g/mol. The molecule has 0 aliphatic carbocycles. The molecule has 1 aliphatic heterocycles. The Bertz CT molecular complexity index is 1270. The van der Waals surface area contributed by atoms with E-state index in [-0.39, 0.29) is 6.04 Å². The Morgan fingerprint density at radius 2 is 1.94 bits per heavy atom. The summed E-state index contributed by atoms with van der Waals surface area (Å²) in [7, 11) is 0. The summed E-state index contributed by atoms with van der Waals surface area (Å²) in [5.74, 6) is 1.46. The number of halogens is 2. The van der Waals surface area contributed by atoms with Crippen molar-refractivity contribution in [2.75, 3.05) is 11.4 Å². The predicted octanol–water partition coefficient (Wildman–Crippen LogP) is 2.98. The molecule has 1 fully saturated rings. The highest BCUT2D eigenvalue weighted by atomic mass is 19.3. The Labute approximate surface area is 175 Å². The molecule has 10 heteroatoms. The van der Waals surface area contributed by atoms with E-state index in [9.17, 15) is 13.6 Å². The number of hydrogen-bond donors (Lipinski definition) is 0. The summed E-state index contributed by atoms with van der Waals surface area (Å²) >= 11 is 0. The number of nitrogens with zero attached hydrogens (tertiary/aromatic N) is 7. The van der Waals surface area contributed by atoms with Crippen LogP contribution in [0.15, 0.2) is 59.9 Å². The molecule has 158 valence electrons. The zero-order valence-electron chi connectivity index (χ0n) is 16.5. The first-order chi connectivity index (χ1) is 15.1. The van der Waals surface area contributed by atoms with Crippen molar-refractivity contribution in [3.05, 3.63) is 71.3 Å². The van der Waals surface area contributed by atoms with Gasteiger partial charge in [-0.1, -0.05) is 12.1 Å². The van der Waals surface area contributed by atoms with Crippen molar-refractivity contribution in [1.29, 1.82) is 0 Å². The Morgan fingerprint density at radius 3 is 2.74 bits per heavy atom. The maximum atomic E-state index is 13.4. The van der Waals surface area contributed by atoms with Crippen molar-refractivity contribution >= 4 is 16.7 Å². The molecule has 0 bridgehead atoms. The Morgan fingerprint density at radius 1 is 1.10 bits per heavy atom. The van der Waals surface area contributed by atoms with Gasteiger partial charge in [0.15, 0.2) is 5.82 Å². The molecular weight excluding hydrogens is 404 g/mol. The van der Waals surface area contributed by atoms with Crippen molar-refractivity contribution < 1.29 is 8.78 Å². The smallest absolute Gasteiger partial charge is 0.261 e. The minimum atomic E-state index is -2.67. The summed E-state index contributed by atoms with van der Waals surface area (Å²) in [6.07, 6.45) is 5.45. The normalized spacial score (nSPS) is 16.5. The second kappa shape index (κ2) is 7.86. The van der Waals surface area contributed by atoms with Crippen LogP contribution in [-0.2, 0) is 6.54 Å². The molecule has 0 N–H and O–H groups in total. The van der Waals surface area contributed by atoms with Crippen molar-refractivity contribution in [2.24, 2.45) is 0 Å². The van der Waals surface area contributed by atoms with Crippen LogP contribution in [0.1, 0.15) is 24.7 Å². The summed E-state index contributed by atoms with van der Waals surface area (Å²) in [6.45, 7) is -0.0470. The SMILES string of the molecule is O=c1c2ccccc2nc(C2CCCN2c2cncc(-n3cccn3)n2)n1CC(F)F. The molecule has 0 radical (unpaired) electrons. The lowest BCUT2D eigenvalue weighted by Crippen LogP contribution is -2.34. The van der Waals surface area contributed by atoms with Gasteiger partial charge in [-0.15, -0.1) is 0 Å². The van der Waals surface area contributed by atoms with Crippen molar-refractivity contribution in [2.45, 2.75) is 31.9 Å². The number of alkyl halides is 2. The van der Waals surface area contributed by atoms with E-state index >= 15 is 0 Å². The van der Waals surface area contributed by atoms with Crippen molar-refractivity contribution in [1.82, 2.24) is 29.3 Å². The summed E-state index contributed by atoms with van der Waals surface area (Å²) < 4.78 is 29.4. The van der Waals surface area contributed by atoms with E-state index in [0.717, 1.165) is 11.0 Å². The lowest BCUT2D eigenvalue weighted by Gasteiger charge is -2.27. The Hall–Kier alpha value is -3.69. The monoisotopic (exact) mass is 423 g/mol. The van der Waals surface area contributed by atoms with E-state index in [4.69, 9.17) is 0 Å². The standard InChI is InChI=1S/C21H19F2N7O/c22-17(23)13-29-20(26-15-6-2-1-5-14(15)21(29)31)16-7-3-9-28(16)18-11-24-12-19(27-18)30-10-4-8-25-30/h1-2,4-6,8,10-12,16-17H,3,7,9,13H2. The minimum absolute atomic E-state index is 0.327. The molecule has 3 aromatic heterocycles. The van der Waals surface area contributed by atoms with Crippen LogP contribution in [0.2, 0.25) is 0 Å². The van der Waals surface area contributed by atoms with Crippen molar-refractivity contribution in [3.63, 3.8) is 0 Å². The highest BCUT2D eigenvalue weighted by molar-refractivity contribution is 5.77. The first-order valence-corrected chi connectivity index (χ1v) is 9.98. The van der Waals surface area contributed by atoms with Gasteiger partial charge in [0, 0.05) is 18.9 Å². The number of hydrogen-bond acceptors (Lipinski definition) is 6. The van der Waals surface area contributed by atoms with Gasteiger partial charge >= 0.3 is 0 Å². The molecule has 1 saturated heterocycles. The average Bonchev–Trinajstić information content (AvgIpc) is 3.48. The van der Waals surface area contributed by atoms with E-state index in [1.807, 2.05) is 4.90 Å². The summed E-state index contributed by atoms with van der Waals surface area (Å²) in [5.41, 5.74) is 0.0420. The van der Waals surface area contributed by atoms with E-state index in [0.29, 0.717) is 41.3 Å². The quantitative estimate of drug-likeness (QED) is 0.491. The summed E-state index contributed by atoms with van der Waals surface area (Å²) in [5, 5.41) is 4.51. The maximum absolute atomic E-state index is 13.4. The lowest BCUT2D eigenvalue weighted by atomic mass is 10.1. The third kappa shape index (κ3) is 3.54. The van der Waals surface area contributed by atoms with Crippen molar-refractivity contribution in [3.8, 4) is 5.82 Å². The molecule has 1 aromatic carbocycles. The highest BCUT2D eigenvalue weighted by Crippen LogP contribution is 2.34. The molecule has 8 nitrogen and oxygen atoms in total. The molecule has 1 unspecified atom stereocenters. The molecule has 1 aliphatic rings. The van der Waals surface area contributed by atoms with Crippen LogP contribution in [0.3, 0.4) is 0 Å². The van der Waals surface area contributed by atoms with Gasteiger partial charge in [-0.05, 0) is 31.0 Å². The number of benzene rings is 1. The van der Waals surface area contributed by atoms with Crippen LogP contribution in [0.25, 0.3) is 16.7 Å². The molecule has 4 heterocycles. The van der Waals surface area contributed by atoms with Gasteiger partial charge in [0.2, 0.25) is 0 Å². The predicted molar refractivity (Wildman–Crippen MR) is 110 cm³/mol. The fourth-order valence-corrected chi connectivity index (χ4v) is 4.06. The molecule has 4 aromatic rings. The zero-order chi connectivity index (χ0) is 21.4. The Kier molecular flexibility index (Phi) is 4.89. The van der Waals surface area contributed by atoms with Crippen LogP contribution in [0, 0.1) is 0 Å². The molecule has 31 heavy (non-hydrogen) atoms. The van der Waals surface area contributed by atoms with Crippen LogP contribution in [0.4, 0.5) is 14.6 Å². The topological polar surface area (TPSA) is 81.7 Å². The first-order valence-electron chi connectivity index (χ1n) is 9.98. The lowest BCUT2D eigenvalue weighted by molar-refractivity contribution is 0.123. The van der Waals surface area contributed by atoms with Crippen LogP contribution >= 0.6 is 0 Å². The van der Waals surface area contributed by atoms with Crippen LogP contribution in [-0.4, -0.2) is 42.3 Å².